The zero-order chi connectivity index (χ0) is 12.4. The third-order valence-corrected chi connectivity index (χ3v) is 3.27. The van der Waals surface area contributed by atoms with Crippen molar-refractivity contribution in [2.45, 2.75) is 19.8 Å². The number of nitro benzene ring substituents is 1. The minimum absolute atomic E-state index is 0.401. The number of anilines is 1. The van der Waals surface area contributed by atoms with Crippen molar-refractivity contribution in [3.63, 3.8) is 0 Å². The molecule has 5 heteroatoms. The maximum atomic E-state index is 13.5. The molecule has 1 aliphatic rings. The molecular weight excluding hydrogens is 223 g/mol. The Kier molecular flexibility index (Phi) is 3.26. The topological polar surface area (TPSA) is 46.4 Å². The summed E-state index contributed by atoms with van der Waals surface area (Å²) in [6.45, 7) is 3.67. The predicted molar refractivity (Wildman–Crippen MR) is 63.7 cm³/mol. The van der Waals surface area contributed by atoms with Crippen LogP contribution in [-0.2, 0) is 0 Å². The van der Waals surface area contributed by atoms with E-state index in [1.807, 2.05) is 4.90 Å². The summed E-state index contributed by atoms with van der Waals surface area (Å²) in [5, 5.41) is 10.9. The number of halogens is 1. The van der Waals surface area contributed by atoms with E-state index in [9.17, 15) is 14.5 Å². The number of rotatable bonds is 2. The zero-order valence-electron chi connectivity index (χ0n) is 9.73. The van der Waals surface area contributed by atoms with E-state index in [4.69, 9.17) is 0 Å². The average molecular weight is 238 g/mol. The van der Waals surface area contributed by atoms with Crippen LogP contribution in [0.4, 0.5) is 15.8 Å². The highest BCUT2D eigenvalue weighted by Gasteiger charge is 2.26. The molecule has 0 N–H and O–H groups in total. The Morgan fingerprint density at radius 3 is 2.65 bits per heavy atom. The summed E-state index contributed by atoms with van der Waals surface area (Å²) >= 11 is 0. The van der Waals surface area contributed by atoms with E-state index >= 15 is 0 Å². The molecule has 1 aromatic rings. The summed E-state index contributed by atoms with van der Waals surface area (Å²) in [6, 6.07) is 4.28. The second kappa shape index (κ2) is 4.69. The van der Waals surface area contributed by atoms with Crippen molar-refractivity contribution in [3.05, 3.63) is 34.1 Å². The van der Waals surface area contributed by atoms with E-state index in [0.717, 1.165) is 32.0 Å². The minimum Gasteiger partial charge on any atom is -0.366 e. The first kappa shape index (κ1) is 11.8. The minimum atomic E-state index is -0.758. The van der Waals surface area contributed by atoms with Crippen molar-refractivity contribution in [2.75, 3.05) is 18.0 Å². The number of piperidine rings is 1. The van der Waals surface area contributed by atoms with Crippen LogP contribution in [0, 0.1) is 21.8 Å². The van der Waals surface area contributed by atoms with E-state index in [2.05, 4.69) is 6.92 Å². The second-order valence-corrected chi connectivity index (χ2v) is 4.53. The Hall–Kier alpha value is -1.65. The molecule has 0 atom stereocenters. The van der Waals surface area contributed by atoms with Gasteiger partial charge in [-0.3, -0.25) is 10.1 Å². The first-order chi connectivity index (χ1) is 8.09. The maximum Gasteiger partial charge on any atom is 0.327 e. The van der Waals surface area contributed by atoms with Gasteiger partial charge in [-0.05, 0) is 30.9 Å². The smallest absolute Gasteiger partial charge is 0.327 e. The maximum absolute atomic E-state index is 13.5. The van der Waals surface area contributed by atoms with Crippen molar-refractivity contribution in [3.8, 4) is 0 Å². The van der Waals surface area contributed by atoms with E-state index in [-0.39, 0.29) is 0 Å². The van der Waals surface area contributed by atoms with Gasteiger partial charge in [-0.15, -0.1) is 0 Å². The fourth-order valence-corrected chi connectivity index (χ4v) is 2.19. The molecule has 1 heterocycles. The van der Waals surface area contributed by atoms with Gasteiger partial charge in [0.1, 0.15) is 5.69 Å². The van der Waals surface area contributed by atoms with Crippen molar-refractivity contribution in [2.24, 2.45) is 5.92 Å². The van der Waals surface area contributed by atoms with Crippen LogP contribution in [0.15, 0.2) is 18.2 Å². The molecule has 0 amide bonds. The van der Waals surface area contributed by atoms with Crippen LogP contribution in [0.2, 0.25) is 0 Å². The number of nitrogens with zero attached hydrogens (tertiary/aromatic N) is 2. The molecule has 0 saturated carbocycles. The van der Waals surface area contributed by atoms with Crippen LogP contribution in [0.25, 0.3) is 0 Å². The largest absolute Gasteiger partial charge is 0.366 e. The van der Waals surface area contributed by atoms with Gasteiger partial charge in [0.15, 0.2) is 0 Å². The summed E-state index contributed by atoms with van der Waals surface area (Å²) in [6.07, 6.45) is 1.99. The monoisotopic (exact) mass is 238 g/mol. The van der Waals surface area contributed by atoms with Gasteiger partial charge in [0, 0.05) is 13.1 Å². The molecular formula is C12H15FN2O2. The normalized spacial score (nSPS) is 17.2. The van der Waals surface area contributed by atoms with E-state index in [1.54, 1.807) is 6.07 Å². The predicted octanol–water partition coefficient (Wildman–Crippen LogP) is 2.97. The Morgan fingerprint density at radius 1 is 1.41 bits per heavy atom. The Balaban J connectivity index is 2.32. The third-order valence-electron chi connectivity index (χ3n) is 3.27. The number of hydrogen-bond donors (Lipinski definition) is 0. The molecule has 0 radical (unpaired) electrons. The number of benzene rings is 1. The Labute approximate surface area is 99.2 Å². The van der Waals surface area contributed by atoms with Gasteiger partial charge in [-0.25, -0.2) is 0 Å². The highest BCUT2D eigenvalue weighted by molar-refractivity contribution is 5.63. The van der Waals surface area contributed by atoms with E-state index < -0.39 is 16.4 Å². The molecule has 1 aliphatic heterocycles. The van der Waals surface area contributed by atoms with Gasteiger partial charge in [-0.1, -0.05) is 13.0 Å². The molecule has 1 fully saturated rings. The van der Waals surface area contributed by atoms with Crippen LogP contribution in [0.5, 0.6) is 0 Å². The molecule has 1 aromatic carbocycles. The van der Waals surface area contributed by atoms with E-state index in [0.29, 0.717) is 11.6 Å². The van der Waals surface area contributed by atoms with Gasteiger partial charge >= 0.3 is 5.69 Å². The molecule has 0 aliphatic carbocycles. The summed E-state index contributed by atoms with van der Waals surface area (Å²) in [5.41, 5.74) is 0.00366. The third kappa shape index (κ3) is 2.38. The lowest BCUT2D eigenvalue weighted by Crippen LogP contribution is -2.33. The lowest BCUT2D eigenvalue weighted by molar-refractivity contribution is -0.386. The van der Waals surface area contributed by atoms with Crippen molar-refractivity contribution in [1.29, 1.82) is 0 Å². The molecule has 1 saturated heterocycles. The molecule has 0 bridgehead atoms. The second-order valence-electron chi connectivity index (χ2n) is 4.53. The van der Waals surface area contributed by atoms with Gasteiger partial charge < -0.3 is 4.90 Å². The van der Waals surface area contributed by atoms with Crippen LogP contribution < -0.4 is 4.90 Å². The molecule has 2 rings (SSSR count). The fraction of sp³-hybridized carbons (Fsp3) is 0.500. The number of hydrogen-bond acceptors (Lipinski definition) is 3. The van der Waals surface area contributed by atoms with Crippen LogP contribution in [0.1, 0.15) is 19.8 Å². The first-order valence-corrected chi connectivity index (χ1v) is 5.77. The average Bonchev–Trinajstić information content (AvgIpc) is 2.29. The van der Waals surface area contributed by atoms with Crippen LogP contribution in [-0.4, -0.2) is 18.0 Å². The van der Waals surface area contributed by atoms with Crippen LogP contribution >= 0.6 is 0 Å². The van der Waals surface area contributed by atoms with Gasteiger partial charge in [-0.2, -0.15) is 4.39 Å². The highest BCUT2D eigenvalue weighted by atomic mass is 19.1. The van der Waals surface area contributed by atoms with Gasteiger partial charge in [0.05, 0.1) is 4.92 Å². The first-order valence-electron chi connectivity index (χ1n) is 5.77. The molecule has 4 nitrogen and oxygen atoms in total. The molecule has 0 spiro atoms. The fourth-order valence-electron chi connectivity index (χ4n) is 2.19. The summed E-state index contributed by atoms with van der Waals surface area (Å²) < 4.78 is 13.5. The number of para-hydroxylation sites is 1. The molecule has 0 unspecified atom stereocenters. The molecule has 92 valence electrons. The van der Waals surface area contributed by atoms with Crippen molar-refractivity contribution >= 4 is 11.4 Å². The summed E-state index contributed by atoms with van der Waals surface area (Å²) in [7, 11) is 0. The van der Waals surface area contributed by atoms with Crippen molar-refractivity contribution in [1.82, 2.24) is 0 Å². The molecule has 17 heavy (non-hydrogen) atoms. The Bertz CT molecular complexity index is 429. The summed E-state index contributed by atoms with van der Waals surface area (Å²) in [5.74, 6) is -0.120. The Morgan fingerprint density at radius 2 is 2.06 bits per heavy atom. The van der Waals surface area contributed by atoms with Gasteiger partial charge in [0.2, 0.25) is 5.82 Å². The number of nitro groups is 1. The molecule has 0 aromatic heterocycles. The zero-order valence-corrected chi connectivity index (χ0v) is 9.73. The lowest BCUT2D eigenvalue weighted by Gasteiger charge is -2.31. The van der Waals surface area contributed by atoms with E-state index in [1.165, 1.54) is 6.07 Å². The quantitative estimate of drug-likeness (QED) is 0.587. The summed E-state index contributed by atoms with van der Waals surface area (Å²) in [4.78, 5) is 12.2. The highest BCUT2D eigenvalue weighted by Crippen LogP contribution is 2.33. The lowest BCUT2D eigenvalue weighted by atomic mass is 9.98. The van der Waals surface area contributed by atoms with Crippen LogP contribution in [0.3, 0.4) is 0 Å². The standard InChI is InChI=1S/C12H15FN2O2/c1-9-5-7-14(8-6-9)11-4-2-3-10(13)12(11)15(16)17/h2-4,9H,5-8H2,1H3. The van der Waals surface area contributed by atoms with Crippen molar-refractivity contribution < 1.29 is 9.31 Å². The van der Waals surface area contributed by atoms with Gasteiger partial charge in [0.25, 0.3) is 0 Å². The SMILES string of the molecule is CC1CCN(c2cccc(F)c2[N+](=O)[O-])CC1.